The first-order chi connectivity index (χ1) is 25.3. The summed E-state index contributed by atoms with van der Waals surface area (Å²) < 4.78 is 22.0. The SMILES string of the molecule is CCC/C=C/C/C=C/C/C=C/C/C=C/CCCCCC(=O)O[C@H](COC(=O)CCCCCCCCCCCC)CO[C@@H]1O[C@H](CO)[C@H](O)C(O)C1O. The first-order valence-corrected chi connectivity index (χ1v) is 20.2. The quantitative estimate of drug-likeness (QED) is 0.0307. The molecule has 1 rings (SSSR count). The van der Waals surface area contributed by atoms with E-state index in [0.717, 1.165) is 64.2 Å². The summed E-state index contributed by atoms with van der Waals surface area (Å²) in [4.78, 5) is 25.2. The molecule has 10 heteroatoms. The van der Waals surface area contributed by atoms with Gasteiger partial charge in [0.15, 0.2) is 12.4 Å². The molecule has 2 unspecified atom stereocenters. The molecule has 0 aliphatic carbocycles. The van der Waals surface area contributed by atoms with Gasteiger partial charge in [-0.25, -0.2) is 0 Å². The molecule has 1 aliphatic heterocycles. The second kappa shape index (κ2) is 33.2. The fraction of sp³-hybridized carbons (Fsp3) is 0.762. The number of unbranched alkanes of at least 4 members (excludes halogenated alkanes) is 13. The molecule has 1 fully saturated rings. The van der Waals surface area contributed by atoms with Crippen LogP contribution in [0.15, 0.2) is 48.6 Å². The Morgan fingerprint density at radius 1 is 0.596 bits per heavy atom. The monoisotopic (exact) mass is 737 g/mol. The van der Waals surface area contributed by atoms with Gasteiger partial charge in [0.05, 0.1) is 13.2 Å². The standard InChI is InChI=1S/C42H72O10/c1-3-5-7-9-11-13-15-16-17-18-19-20-21-23-25-27-29-31-38(45)51-35(34-50-42-41(48)40(47)39(46)36(32-43)52-42)33-49-37(44)30-28-26-24-22-14-12-10-8-6-4-2/h7,9,13,15,17-18,20-21,35-36,39-43,46-48H,3-6,8,10-12,14,16,19,22-34H2,1-2H3/b9-7+,15-13+,18-17+,21-20+/t35-,36-,39+,40?,41?,42-/m1/s1. The van der Waals surface area contributed by atoms with Crippen LogP contribution in [0.4, 0.5) is 0 Å². The molecule has 0 aromatic heterocycles. The van der Waals surface area contributed by atoms with Crippen LogP contribution in [0, 0.1) is 0 Å². The lowest BCUT2D eigenvalue weighted by atomic mass is 9.99. The molecule has 10 nitrogen and oxygen atoms in total. The Bertz CT molecular complexity index is 991. The van der Waals surface area contributed by atoms with Crippen molar-refractivity contribution in [3.8, 4) is 0 Å². The van der Waals surface area contributed by atoms with Gasteiger partial charge in [-0.15, -0.1) is 0 Å². The maximum atomic E-state index is 12.7. The van der Waals surface area contributed by atoms with Gasteiger partial charge in [-0.2, -0.15) is 0 Å². The maximum Gasteiger partial charge on any atom is 0.306 e. The topological polar surface area (TPSA) is 152 Å². The number of ether oxygens (including phenoxy) is 4. The van der Waals surface area contributed by atoms with Crippen molar-refractivity contribution >= 4 is 11.9 Å². The first-order valence-electron chi connectivity index (χ1n) is 20.2. The highest BCUT2D eigenvalue weighted by Gasteiger charge is 2.44. The Morgan fingerprint density at radius 3 is 1.69 bits per heavy atom. The van der Waals surface area contributed by atoms with Crippen LogP contribution in [0.1, 0.15) is 149 Å². The van der Waals surface area contributed by atoms with Crippen LogP contribution in [-0.2, 0) is 28.5 Å². The van der Waals surface area contributed by atoms with Crippen molar-refractivity contribution in [2.75, 3.05) is 19.8 Å². The van der Waals surface area contributed by atoms with Crippen LogP contribution in [0.2, 0.25) is 0 Å². The summed E-state index contributed by atoms with van der Waals surface area (Å²) in [5.74, 6) is -0.848. The van der Waals surface area contributed by atoms with Gasteiger partial charge in [0, 0.05) is 12.8 Å². The maximum absolute atomic E-state index is 12.7. The Balaban J connectivity index is 2.41. The molecule has 52 heavy (non-hydrogen) atoms. The molecule has 0 amide bonds. The van der Waals surface area contributed by atoms with E-state index in [1.165, 1.54) is 51.4 Å². The second-order valence-electron chi connectivity index (χ2n) is 13.7. The third-order valence-electron chi connectivity index (χ3n) is 8.95. The molecule has 1 heterocycles. The Morgan fingerprint density at radius 2 is 1.12 bits per heavy atom. The number of hydrogen-bond acceptors (Lipinski definition) is 10. The fourth-order valence-corrected chi connectivity index (χ4v) is 5.71. The number of hydrogen-bond donors (Lipinski definition) is 4. The summed E-state index contributed by atoms with van der Waals surface area (Å²) in [6.45, 7) is 3.28. The van der Waals surface area contributed by atoms with E-state index in [1.54, 1.807) is 0 Å². The van der Waals surface area contributed by atoms with Crippen LogP contribution >= 0.6 is 0 Å². The van der Waals surface area contributed by atoms with E-state index < -0.39 is 49.4 Å². The van der Waals surface area contributed by atoms with E-state index in [2.05, 4.69) is 62.5 Å². The average molecular weight is 737 g/mol. The molecule has 1 aliphatic rings. The summed E-state index contributed by atoms with van der Waals surface area (Å²) in [6.07, 6.45) is 29.8. The zero-order chi connectivity index (χ0) is 38.1. The van der Waals surface area contributed by atoms with Crippen molar-refractivity contribution < 1.29 is 49.0 Å². The molecular weight excluding hydrogens is 664 g/mol. The smallest absolute Gasteiger partial charge is 0.306 e. The van der Waals surface area contributed by atoms with Gasteiger partial charge in [-0.05, 0) is 51.4 Å². The van der Waals surface area contributed by atoms with Crippen molar-refractivity contribution in [2.45, 2.75) is 185 Å². The number of allylic oxidation sites excluding steroid dienone is 8. The van der Waals surface area contributed by atoms with Crippen LogP contribution in [-0.4, -0.2) is 89.0 Å². The van der Waals surface area contributed by atoms with E-state index in [9.17, 15) is 30.0 Å². The third kappa shape index (κ3) is 24.8. The lowest BCUT2D eigenvalue weighted by molar-refractivity contribution is -0.305. The molecule has 0 aromatic rings. The van der Waals surface area contributed by atoms with Gasteiger partial charge >= 0.3 is 11.9 Å². The average Bonchev–Trinajstić information content (AvgIpc) is 3.14. The number of aliphatic hydroxyl groups is 4. The molecule has 4 N–H and O–H groups in total. The number of carbonyl (C=O) groups is 2. The molecular formula is C42H72O10. The van der Waals surface area contributed by atoms with E-state index in [-0.39, 0.29) is 32.0 Å². The summed E-state index contributed by atoms with van der Waals surface area (Å²) in [7, 11) is 0. The second-order valence-corrected chi connectivity index (χ2v) is 13.7. The number of esters is 2. The highest BCUT2D eigenvalue weighted by atomic mass is 16.7. The van der Waals surface area contributed by atoms with Crippen molar-refractivity contribution in [1.82, 2.24) is 0 Å². The van der Waals surface area contributed by atoms with Gasteiger partial charge in [0.2, 0.25) is 0 Å². The highest BCUT2D eigenvalue weighted by molar-refractivity contribution is 5.70. The largest absolute Gasteiger partial charge is 0.462 e. The van der Waals surface area contributed by atoms with Crippen LogP contribution in [0.3, 0.4) is 0 Å². The molecule has 0 bridgehead atoms. The van der Waals surface area contributed by atoms with E-state index in [1.807, 2.05) is 0 Å². The zero-order valence-electron chi connectivity index (χ0n) is 32.3. The minimum atomic E-state index is -1.60. The van der Waals surface area contributed by atoms with Crippen LogP contribution < -0.4 is 0 Å². The first kappa shape index (κ1) is 47.7. The molecule has 0 spiro atoms. The molecule has 6 atom stereocenters. The molecule has 0 aromatic carbocycles. The lowest BCUT2D eigenvalue weighted by Gasteiger charge is -2.39. The Labute approximate surface area is 314 Å². The number of carbonyl (C=O) groups excluding carboxylic acids is 2. The predicted molar refractivity (Wildman–Crippen MR) is 205 cm³/mol. The molecule has 1 saturated heterocycles. The van der Waals surface area contributed by atoms with E-state index in [0.29, 0.717) is 6.42 Å². The minimum Gasteiger partial charge on any atom is -0.462 e. The lowest BCUT2D eigenvalue weighted by Crippen LogP contribution is -2.59. The minimum absolute atomic E-state index is 0.192. The van der Waals surface area contributed by atoms with Crippen molar-refractivity contribution in [3.05, 3.63) is 48.6 Å². The number of aliphatic hydroxyl groups excluding tert-OH is 4. The number of rotatable bonds is 32. The van der Waals surface area contributed by atoms with Gasteiger partial charge in [-0.3, -0.25) is 9.59 Å². The summed E-state index contributed by atoms with van der Waals surface area (Å²) in [5, 5.41) is 39.9. The van der Waals surface area contributed by atoms with Gasteiger partial charge < -0.3 is 39.4 Å². The van der Waals surface area contributed by atoms with Crippen molar-refractivity contribution in [1.29, 1.82) is 0 Å². The normalized spacial score (nSPS) is 21.5. The molecule has 0 saturated carbocycles. The van der Waals surface area contributed by atoms with Gasteiger partial charge in [-0.1, -0.05) is 133 Å². The summed E-state index contributed by atoms with van der Waals surface area (Å²) in [6, 6.07) is 0. The van der Waals surface area contributed by atoms with Crippen molar-refractivity contribution in [2.24, 2.45) is 0 Å². The Kier molecular flexibility index (Phi) is 30.5. The van der Waals surface area contributed by atoms with Crippen LogP contribution in [0.5, 0.6) is 0 Å². The van der Waals surface area contributed by atoms with E-state index >= 15 is 0 Å². The summed E-state index contributed by atoms with van der Waals surface area (Å²) >= 11 is 0. The van der Waals surface area contributed by atoms with Crippen molar-refractivity contribution in [3.63, 3.8) is 0 Å². The predicted octanol–water partition coefficient (Wildman–Crippen LogP) is 7.71. The van der Waals surface area contributed by atoms with E-state index in [4.69, 9.17) is 18.9 Å². The third-order valence-corrected chi connectivity index (χ3v) is 8.95. The fourth-order valence-electron chi connectivity index (χ4n) is 5.71. The summed E-state index contributed by atoms with van der Waals surface area (Å²) in [5.41, 5.74) is 0. The Hall–Kier alpha value is -2.34. The highest BCUT2D eigenvalue weighted by Crippen LogP contribution is 2.22. The molecule has 0 radical (unpaired) electrons. The van der Waals surface area contributed by atoms with Crippen LogP contribution in [0.25, 0.3) is 0 Å². The molecule has 300 valence electrons. The van der Waals surface area contributed by atoms with Gasteiger partial charge in [0.25, 0.3) is 0 Å². The van der Waals surface area contributed by atoms with Gasteiger partial charge in [0.1, 0.15) is 31.0 Å². The zero-order valence-corrected chi connectivity index (χ0v) is 32.3.